The summed E-state index contributed by atoms with van der Waals surface area (Å²) in [5.74, 6) is -0.733. The van der Waals surface area contributed by atoms with Gasteiger partial charge in [-0.25, -0.2) is 4.79 Å². The van der Waals surface area contributed by atoms with Crippen LogP contribution in [0, 0.1) is 11.1 Å². The lowest BCUT2D eigenvalue weighted by molar-refractivity contribution is -1.18. The van der Waals surface area contributed by atoms with E-state index in [-0.39, 0.29) is 5.92 Å². The molecular weight excluding hydrogens is 342 g/mol. The van der Waals surface area contributed by atoms with Gasteiger partial charge in [-0.05, 0) is 35.8 Å². The fourth-order valence-corrected chi connectivity index (χ4v) is 3.43. The largest absolute Gasteiger partial charge is 0.581 e. The van der Waals surface area contributed by atoms with Gasteiger partial charge in [0.1, 0.15) is 11.0 Å². The Morgan fingerprint density at radius 2 is 2.32 bits per heavy atom. The van der Waals surface area contributed by atoms with Crippen molar-refractivity contribution in [2.24, 2.45) is 10.9 Å². The Labute approximate surface area is 149 Å². The molecule has 0 bridgehead atoms. The molecule has 0 spiro atoms. The third kappa shape index (κ3) is 2.55. The molecule has 0 saturated carbocycles. The molecule has 0 saturated heterocycles. The monoisotopic (exact) mass is 356 g/mol. The second-order valence-electron chi connectivity index (χ2n) is 5.88. The molecule has 1 aliphatic carbocycles. The first-order chi connectivity index (χ1) is 12.1. The van der Waals surface area contributed by atoms with Crippen LogP contribution in [0.25, 0.3) is 0 Å². The quantitative estimate of drug-likeness (QED) is 0.648. The SMILES string of the molecule is CCc1cc(Cl)ccc1C(=O)[N+]1=C2C=NC=C3C=CC=C(C32)[NH+]([O-])O1. The number of amides is 1. The van der Waals surface area contributed by atoms with Gasteiger partial charge < -0.3 is 5.21 Å². The Kier molecular flexibility index (Phi) is 3.88. The molecule has 1 amide bonds. The summed E-state index contributed by atoms with van der Waals surface area (Å²) in [5.41, 5.74) is 3.15. The molecule has 2 atom stereocenters. The summed E-state index contributed by atoms with van der Waals surface area (Å²) in [4.78, 5) is 22.6. The topological polar surface area (TPSA) is 69.2 Å². The first-order valence-electron chi connectivity index (χ1n) is 7.93. The zero-order chi connectivity index (χ0) is 17.6. The second-order valence-corrected chi connectivity index (χ2v) is 6.32. The number of nitrogens with zero attached hydrogens (tertiary/aromatic N) is 2. The molecular formula is C18H15ClN3O3+. The van der Waals surface area contributed by atoms with Crippen molar-refractivity contribution in [2.45, 2.75) is 13.3 Å². The molecule has 1 aromatic rings. The van der Waals surface area contributed by atoms with Crippen molar-refractivity contribution >= 4 is 29.4 Å². The van der Waals surface area contributed by atoms with Crippen LogP contribution in [0.3, 0.4) is 0 Å². The number of aryl methyl sites for hydroxylation is 1. The van der Waals surface area contributed by atoms with Crippen LogP contribution in [0.15, 0.2) is 58.9 Å². The van der Waals surface area contributed by atoms with Crippen LogP contribution >= 0.6 is 11.6 Å². The van der Waals surface area contributed by atoms with Crippen LogP contribution in [0.2, 0.25) is 5.02 Å². The highest BCUT2D eigenvalue weighted by molar-refractivity contribution is 6.32. The van der Waals surface area contributed by atoms with Gasteiger partial charge >= 0.3 is 5.91 Å². The molecule has 1 N–H and O–H groups in total. The number of nitrogens with one attached hydrogen (secondary N) is 1. The van der Waals surface area contributed by atoms with Gasteiger partial charge in [0.2, 0.25) is 0 Å². The summed E-state index contributed by atoms with van der Waals surface area (Å²) in [6.45, 7) is 1.94. The first kappa shape index (κ1) is 16.0. The highest BCUT2D eigenvalue weighted by atomic mass is 35.5. The van der Waals surface area contributed by atoms with Crippen LogP contribution in [0.1, 0.15) is 22.8 Å². The molecule has 2 aliphatic heterocycles. The van der Waals surface area contributed by atoms with Gasteiger partial charge in [-0.2, -0.15) is 0 Å². The summed E-state index contributed by atoms with van der Waals surface area (Å²) >= 11 is 6.03. The zero-order valence-electron chi connectivity index (χ0n) is 13.4. The molecule has 6 nitrogen and oxygen atoms in total. The van der Waals surface area contributed by atoms with Gasteiger partial charge in [-0.3, -0.25) is 4.99 Å². The van der Waals surface area contributed by atoms with Crippen LogP contribution < -0.4 is 5.23 Å². The third-order valence-electron chi connectivity index (χ3n) is 4.44. The highest BCUT2D eigenvalue weighted by Crippen LogP contribution is 2.28. The van der Waals surface area contributed by atoms with Crippen molar-refractivity contribution in [3.05, 3.63) is 75.3 Å². The van der Waals surface area contributed by atoms with E-state index in [1.807, 2.05) is 13.0 Å². The number of rotatable bonds is 2. The maximum atomic E-state index is 13.1. The van der Waals surface area contributed by atoms with Gasteiger partial charge in [-0.1, -0.05) is 40.8 Å². The molecule has 126 valence electrons. The summed E-state index contributed by atoms with van der Waals surface area (Å²) < 4.78 is 1.06. The van der Waals surface area contributed by atoms with Crippen LogP contribution in [-0.2, 0) is 11.4 Å². The summed E-state index contributed by atoms with van der Waals surface area (Å²) in [5, 5.41) is 12.4. The predicted molar refractivity (Wildman–Crippen MR) is 93.1 cm³/mol. The van der Waals surface area contributed by atoms with Gasteiger partial charge in [-0.15, -0.1) is 0 Å². The van der Waals surface area contributed by atoms with Gasteiger partial charge in [0.15, 0.2) is 11.6 Å². The van der Waals surface area contributed by atoms with Crippen molar-refractivity contribution in [1.82, 2.24) is 0 Å². The van der Waals surface area contributed by atoms with E-state index < -0.39 is 11.1 Å². The molecule has 4 rings (SSSR count). The number of hydrogen-bond acceptors (Lipinski definition) is 4. The maximum Gasteiger partial charge on any atom is 0.473 e. The molecule has 2 heterocycles. The Morgan fingerprint density at radius 1 is 1.48 bits per heavy atom. The fraction of sp³-hybridized carbons (Fsp3) is 0.167. The molecule has 1 aromatic carbocycles. The Morgan fingerprint density at radius 3 is 3.12 bits per heavy atom. The Hall–Kier alpha value is -2.54. The lowest BCUT2D eigenvalue weighted by Crippen LogP contribution is -3.07. The minimum Gasteiger partial charge on any atom is -0.581 e. The minimum atomic E-state index is -0.528. The molecule has 0 aromatic heterocycles. The number of allylic oxidation sites excluding steroid dienone is 4. The molecule has 3 aliphatic rings. The highest BCUT2D eigenvalue weighted by Gasteiger charge is 2.48. The van der Waals surface area contributed by atoms with E-state index in [4.69, 9.17) is 16.5 Å². The number of hydrogen-bond donors (Lipinski definition) is 1. The number of aliphatic imine (C=N–C) groups is 1. The Bertz CT molecular complexity index is 927. The second kappa shape index (κ2) is 6.07. The number of halogens is 1. The lowest BCUT2D eigenvalue weighted by Gasteiger charge is -2.29. The molecule has 7 heteroatoms. The number of carbonyl (C=O) groups excluding carboxylic acids is 1. The third-order valence-corrected chi connectivity index (χ3v) is 4.68. The molecule has 0 fully saturated rings. The summed E-state index contributed by atoms with van der Waals surface area (Å²) in [6, 6.07) is 5.06. The van der Waals surface area contributed by atoms with Gasteiger partial charge in [0.05, 0.1) is 5.56 Å². The van der Waals surface area contributed by atoms with E-state index in [2.05, 4.69) is 4.99 Å². The van der Waals surface area contributed by atoms with Crippen molar-refractivity contribution in [2.75, 3.05) is 0 Å². The van der Waals surface area contributed by atoms with Gasteiger partial charge in [0.25, 0.3) is 5.71 Å². The van der Waals surface area contributed by atoms with Crippen molar-refractivity contribution < 1.29 is 19.7 Å². The smallest absolute Gasteiger partial charge is 0.473 e. The number of quaternary nitrogens is 1. The number of carbonyl (C=O) groups is 1. The van der Waals surface area contributed by atoms with E-state index in [1.54, 1.807) is 42.8 Å². The molecule has 25 heavy (non-hydrogen) atoms. The van der Waals surface area contributed by atoms with Crippen LogP contribution in [0.5, 0.6) is 0 Å². The summed E-state index contributed by atoms with van der Waals surface area (Å²) in [6.07, 6.45) is 9.26. The van der Waals surface area contributed by atoms with Crippen molar-refractivity contribution in [1.29, 1.82) is 0 Å². The lowest BCUT2D eigenvalue weighted by atomic mass is 9.86. The van der Waals surface area contributed by atoms with Gasteiger partial charge in [0, 0.05) is 17.3 Å². The fourth-order valence-electron chi connectivity index (χ4n) is 3.23. The normalized spacial score (nSPS) is 23.6. The molecule has 2 unspecified atom stereocenters. The standard InChI is InChI=1S/C18H15ClN3O3/c1-2-11-8-13(19)6-7-14(11)18(23)21-16-10-20-9-12-4-3-5-15(17(12)16)22(24)25-21/h3-10,17,22H,2H2,1H3/q+1. The first-order valence-corrected chi connectivity index (χ1v) is 8.31. The zero-order valence-corrected chi connectivity index (χ0v) is 14.2. The minimum absolute atomic E-state index is 0.329. The maximum absolute atomic E-state index is 13.1. The number of hydroxylamine groups is 3. The predicted octanol–water partition coefficient (Wildman–Crippen LogP) is 1.78. The van der Waals surface area contributed by atoms with E-state index in [0.717, 1.165) is 15.9 Å². The van der Waals surface area contributed by atoms with Crippen molar-refractivity contribution in [3.8, 4) is 0 Å². The van der Waals surface area contributed by atoms with Crippen LogP contribution in [0.4, 0.5) is 0 Å². The van der Waals surface area contributed by atoms with E-state index in [0.29, 0.717) is 28.4 Å². The summed E-state index contributed by atoms with van der Waals surface area (Å²) in [7, 11) is 0. The Balaban J connectivity index is 1.84. The number of benzene rings is 1. The van der Waals surface area contributed by atoms with E-state index >= 15 is 0 Å². The van der Waals surface area contributed by atoms with E-state index in [9.17, 15) is 10.0 Å². The molecule has 0 radical (unpaired) electrons. The average Bonchev–Trinajstić information content (AvgIpc) is 2.64. The van der Waals surface area contributed by atoms with E-state index in [1.165, 1.54) is 0 Å². The average molecular weight is 357 g/mol. The van der Waals surface area contributed by atoms with Crippen molar-refractivity contribution in [3.63, 3.8) is 0 Å². The van der Waals surface area contributed by atoms with Crippen LogP contribution in [-0.4, -0.2) is 22.6 Å².